The van der Waals surface area contributed by atoms with E-state index in [-0.39, 0.29) is 30.4 Å². The van der Waals surface area contributed by atoms with Gasteiger partial charge < -0.3 is 5.73 Å². The van der Waals surface area contributed by atoms with E-state index in [1.807, 2.05) is 0 Å². The first-order valence-corrected chi connectivity index (χ1v) is 8.86. The third-order valence-corrected chi connectivity index (χ3v) is 5.98. The second kappa shape index (κ2) is 7.99. The van der Waals surface area contributed by atoms with Crippen LogP contribution in [0.2, 0.25) is 0 Å². The van der Waals surface area contributed by atoms with Crippen LogP contribution in [0.15, 0.2) is 48.5 Å². The van der Waals surface area contributed by atoms with Crippen molar-refractivity contribution in [1.82, 2.24) is 4.90 Å². The van der Waals surface area contributed by atoms with Gasteiger partial charge in [0.1, 0.15) is 0 Å². The number of nitrogens with zero attached hydrogens (tertiary/aromatic N) is 1. The first kappa shape index (κ1) is 20.1. The third kappa shape index (κ3) is 3.67. The molecule has 1 heterocycles. The van der Waals surface area contributed by atoms with E-state index < -0.39 is 0 Å². The maximum Gasteiger partial charge on any atom is 0.0435 e. The minimum absolute atomic E-state index is 0. The molecule has 1 saturated heterocycles. The number of benzene rings is 2. The molecule has 2 unspecified atom stereocenters. The van der Waals surface area contributed by atoms with E-state index in [4.69, 9.17) is 5.73 Å². The highest BCUT2D eigenvalue weighted by atomic mass is 35.5. The molecule has 2 aliphatic rings. The molecule has 2 aromatic carbocycles. The lowest BCUT2D eigenvalue weighted by Gasteiger charge is -2.43. The molecule has 0 amide bonds. The lowest BCUT2D eigenvalue weighted by atomic mass is 9.76. The summed E-state index contributed by atoms with van der Waals surface area (Å²) in [5.74, 6) is 0.673. The molecule has 0 spiro atoms. The third-order valence-electron chi connectivity index (χ3n) is 5.98. The second-order valence-electron chi connectivity index (χ2n) is 7.39. The Balaban J connectivity index is 0.00000113. The summed E-state index contributed by atoms with van der Waals surface area (Å²) in [6.07, 6.45) is 4.96. The van der Waals surface area contributed by atoms with Gasteiger partial charge in [-0.05, 0) is 73.9 Å². The number of hydrogen-bond donors (Lipinski definition) is 1. The van der Waals surface area contributed by atoms with E-state index in [2.05, 4.69) is 60.4 Å². The summed E-state index contributed by atoms with van der Waals surface area (Å²) in [7, 11) is 0. The van der Waals surface area contributed by atoms with Crippen LogP contribution in [0.25, 0.3) is 0 Å². The Kier molecular flexibility index (Phi) is 6.42. The summed E-state index contributed by atoms with van der Waals surface area (Å²) in [5, 5.41) is 0. The molecule has 0 aromatic heterocycles. The largest absolute Gasteiger partial charge is 0.399 e. The van der Waals surface area contributed by atoms with E-state index in [9.17, 15) is 0 Å². The second-order valence-corrected chi connectivity index (χ2v) is 7.39. The summed E-state index contributed by atoms with van der Waals surface area (Å²) in [5.41, 5.74) is 11.5. The van der Waals surface area contributed by atoms with Gasteiger partial charge in [-0.2, -0.15) is 0 Å². The number of aryl methyl sites for hydroxylation is 1. The molecule has 2 aromatic rings. The zero-order chi connectivity index (χ0) is 15.9. The Bertz CT molecular complexity index is 704. The summed E-state index contributed by atoms with van der Waals surface area (Å²) in [6.45, 7) is 4.80. The van der Waals surface area contributed by atoms with Crippen LogP contribution in [0.1, 0.15) is 48.8 Å². The summed E-state index contributed by atoms with van der Waals surface area (Å²) in [4.78, 5) is 2.72. The molecule has 2 nitrogen and oxygen atoms in total. The van der Waals surface area contributed by atoms with Crippen LogP contribution >= 0.6 is 24.8 Å². The van der Waals surface area contributed by atoms with Gasteiger partial charge in [0.15, 0.2) is 0 Å². The van der Waals surface area contributed by atoms with E-state index in [1.54, 1.807) is 0 Å². The average Bonchev–Trinajstić information content (AvgIpc) is 3.06. The average molecular weight is 379 g/mol. The van der Waals surface area contributed by atoms with Crippen LogP contribution in [0.4, 0.5) is 5.69 Å². The van der Waals surface area contributed by atoms with Crippen LogP contribution in [-0.4, -0.2) is 18.0 Å². The molecule has 1 aliphatic carbocycles. The van der Waals surface area contributed by atoms with E-state index in [0.717, 1.165) is 5.69 Å². The maximum absolute atomic E-state index is 6.01. The number of nitrogen functional groups attached to an aromatic ring is 1. The molecule has 1 aliphatic heterocycles. The fourth-order valence-electron chi connectivity index (χ4n) is 4.64. The van der Waals surface area contributed by atoms with Crippen LogP contribution in [0.3, 0.4) is 0 Å². The van der Waals surface area contributed by atoms with Crippen LogP contribution < -0.4 is 5.73 Å². The van der Waals surface area contributed by atoms with Crippen LogP contribution in [0, 0.1) is 0 Å². The highest BCUT2D eigenvalue weighted by Crippen LogP contribution is 2.44. The molecule has 1 fully saturated rings. The van der Waals surface area contributed by atoms with Gasteiger partial charge in [-0.3, -0.25) is 4.90 Å². The molecule has 25 heavy (non-hydrogen) atoms. The molecular weight excluding hydrogens is 351 g/mol. The molecule has 2 N–H and O–H groups in total. The van der Waals surface area contributed by atoms with Crippen molar-refractivity contribution < 1.29 is 0 Å². The highest BCUT2D eigenvalue weighted by molar-refractivity contribution is 5.85. The first-order valence-electron chi connectivity index (χ1n) is 8.86. The van der Waals surface area contributed by atoms with Crippen molar-refractivity contribution in [3.05, 3.63) is 65.2 Å². The summed E-state index contributed by atoms with van der Waals surface area (Å²) in [6, 6.07) is 17.6. The number of halogens is 2. The predicted molar refractivity (Wildman–Crippen MR) is 111 cm³/mol. The van der Waals surface area contributed by atoms with Crippen molar-refractivity contribution in [3.8, 4) is 0 Å². The van der Waals surface area contributed by atoms with Gasteiger partial charge in [0.05, 0.1) is 0 Å². The molecule has 4 heteroatoms. The molecule has 2 atom stereocenters. The van der Waals surface area contributed by atoms with Gasteiger partial charge in [0.25, 0.3) is 0 Å². The lowest BCUT2D eigenvalue weighted by molar-refractivity contribution is 0.111. The van der Waals surface area contributed by atoms with Crippen molar-refractivity contribution in [2.24, 2.45) is 0 Å². The lowest BCUT2D eigenvalue weighted by Crippen LogP contribution is -2.44. The number of nitrogens with two attached hydrogens (primary N) is 1. The Labute approximate surface area is 163 Å². The zero-order valence-corrected chi connectivity index (χ0v) is 16.4. The highest BCUT2D eigenvalue weighted by Gasteiger charge is 2.41. The standard InChI is InChI=1S/C21H26N2.2ClH/c1-21(12-5-8-17-14-19(22)9-10-20(17)21)23-13-11-18(15-23)16-6-3-2-4-7-16;;/h2-4,6-7,9-10,14,18H,5,8,11-13,15,22H2,1H3;2*1H. The topological polar surface area (TPSA) is 29.3 Å². The summed E-state index contributed by atoms with van der Waals surface area (Å²) < 4.78 is 0. The Morgan fingerprint density at radius 2 is 1.84 bits per heavy atom. The number of anilines is 1. The van der Waals surface area contributed by atoms with Gasteiger partial charge in [-0.1, -0.05) is 36.4 Å². The van der Waals surface area contributed by atoms with E-state index in [1.165, 1.54) is 55.5 Å². The quantitative estimate of drug-likeness (QED) is 0.731. The number of likely N-dealkylation sites (tertiary alicyclic amines) is 1. The molecule has 0 radical (unpaired) electrons. The van der Waals surface area contributed by atoms with Gasteiger partial charge >= 0.3 is 0 Å². The molecular formula is C21H28Cl2N2. The van der Waals surface area contributed by atoms with Crippen molar-refractivity contribution >= 4 is 30.5 Å². The van der Waals surface area contributed by atoms with Gasteiger partial charge in [-0.25, -0.2) is 0 Å². The Hall–Kier alpha value is -1.22. The van der Waals surface area contributed by atoms with Gasteiger partial charge in [-0.15, -0.1) is 24.8 Å². The van der Waals surface area contributed by atoms with Crippen molar-refractivity contribution in [1.29, 1.82) is 0 Å². The normalized spacial score (nSPS) is 25.6. The molecule has 4 rings (SSSR count). The Morgan fingerprint density at radius 3 is 2.60 bits per heavy atom. The van der Waals surface area contributed by atoms with Crippen molar-refractivity contribution in [2.45, 2.75) is 44.1 Å². The fourth-order valence-corrected chi connectivity index (χ4v) is 4.64. The smallest absolute Gasteiger partial charge is 0.0435 e. The van der Waals surface area contributed by atoms with Crippen LogP contribution in [-0.2, 0) is 12.0 Å². The van der Waals surface area contributed by atoms with Gasteiger partial charge in [0, 0.05) is 17.8 Å². The van der Waals surface area contributed by atoms with E-state index >= 15 is 0 Å². The maximum atomic E-state index is 6.01. The summed E-state index contributed by atoms with van der Waals surface area (Å²) >= 11 is 0. The molecule has 136 valence electrons. The number of rotatable bonds is 2. The number of fused-ring (bicyclic) bond motifs is 1. The van der Waals surface area contributed by atoms with E-state index in [0.29, 0.717) is 5.92 Å². The monoisotopic (exact) mass is 378 g/mol. The van der Waals surface area contributed by atoms with Gasteiger partial charge in [0.2, 0.25) is 0 Å². The predicted octanol–water partition coefficient (Wildman–Crippen LogP) is 5.15. The Morgan fingerprint density at radius 1 is 1.08 bits per heavy atom. The number of hydrogen-bond acceptors (Lipinski definition) is 2. The van der Waals surface area contributed by atoms with Crippen molar-refractivity contribution in [2.75, 3.05) is 18.8 Å². The van der Waals surface area contributed by atoms with Crippen molar-refractivity contribution in [3.63, 3.8) is 0 Å². The SMILES string of the molecule is CC1(N2CCC(c3ccccc3)C2)CCCc2cc(N)ccc21.Cl.Cl. The minimum Gasteiger partial charge on any atom is -0.399 e. The fraction of sp³-hybridized carbons (Fsp3) is 0.429. The molecule has 0 saturated carbocycles. The molecule has 0 bridgehead atoms. The van der Waals surface area contributed by atoms with Crippen LogP contribution in [0.5, 0.6) is 0 Å². The zero-order valence-electron chi connectivity index (χ0n) is 14.8. The first-order chi connectivity index (χ1) is 11.2. The minimum atomic E-state index is 0.